The highest BCUT2D eigenvalue weighted by molar-refractivity contribution is 14.1. The highest BCUT2D eigenvalue weighted by Crippen LogP contribution is 2.16. The summed E-state index contributed by atoms with van der Waals surface area (Å²) >= 11 is 5.30. The zero-order valence-corrected chi connectivity index (χ0v) is 15.6. The van der Waals surface area contributed by atoms with Gasteiger partial charge >= 0.3 is 5.69 Å². The van der Waals surface area contributed by atoms with Crippen LogP contribution in [0.15, 0.2) is 44.5 Å². The molecule has 1 heterocycles. The van der Waals surface area contributed by atoms with Gasteiger partial charge in [0.15, 0.2) is 0 Å². The number of nitrogens with zero attached hydrogens (tertiary/aromatic N) is 1. The average Bonchev–Trinajstić information content (AvgIpc) is 2.49. The second kappa shape index (κ2) is 8.52. The summed E-state index contributed by atoms with van der Waals surface area (Å²) in [6, 6.07) is 7.73. The van der Waals surface area contributed by atoms with Crippen LogP contribution in [0.1, 0.15) is 19.3 Å². The first-order chi connectivity index (χ1) is 10.6. The molecule has 0 aliphatic carbocycles. The van der Waals surface area contributed by atoms with Crippen molar-refractivity contribution in [3.05, 3.63) is 59.3 Å². The van der Waals surface area contributed by atoms with Crippen LogP contribution in [-0.2, 0) is 6.54 Å². The molecule has 1 aromatic carbocycles. The molecule has 0 saturated carbocycles. The molecule has 1 aromatic heterocycles. The molecule has 0 saturated heterocycles. The Morgan fingerprint density at radius 2 is 1.86 bits per heavy atom. The van der Waals surface area contributed by atoms with Crippen molar-refractivity contribution in [2.24, 2.45) is 0 Å². The van der Waals surface area contributed by atoms with Crippen LogP contribution in [0.3, 0.4) is 0 Å². The minimum absolute atomic E-state index is 0.329. The van der Waals surface area contributed by atoms with Crippen molar-refractivity contribution in [1.82, 2.24) is 9.55 Å². The van der Waals surface area contributed by atoms with Crippen LogP contribution in [0.5, 0.6) is 5.75 Å². The molecule has 22 heavy (non-hydrogen) atoms. The predicted molar refractivity (Wildman–Crippen MR) is 97.5 cm³/mol. The number of aromatic amines is 1. The summed E-state index contributed by atoms with van der Waals surface area (Å²) in [6.07, 6.45) is 4.34. The second-order valence-corrected chi connectivity index (χ2v) is 6.87. The SMILES string of the molecule is O=c1[nH]c(=O)n(CCCCCOc2ccc(Br)cc2)cc1I. The number of aromatic nitrogens is 2. The molecular formula is C15H16BrIN2O3. The largest absolute Gasteiger partial charge is 0.494 e. The Labute approximate surface area is 150 Å². The van der Waals surface area contributed by atoms with E-state index >= 15 is 0 Å². The summed E-state index contributed by atoms with van der Waals surface area (Å²) in [5, 5.41) is 0. The van der Waals surface area contributed by atoms with Crippen LogP contribution in [0.4, 0.5) is 0 Å². The number of halogens is 2. The summed E-state index contributed by atoms with van der Waals surface area (Å²) in [7, 11) is 0. The van der Waals surface area contributed by atoms with E-state index in [1.54, 1.807) is 10.8 Å². The number of hydrogen-bond donors (Lipinski definition) is 1. The molecule has 1 N–H and O–H groups in total. The Kier molecular flexibility index (Phi) is 6.69. The number of hydrogen-bond acceptors (Lipinski definition) is 3. The summed E-state index contributed by atoms with van der Waals surface area (Å²) in [6.45, 7) is 1.25. The van der Waals surface area contributed by atoms with E-state index in [1.807, 2.05) is 46.9 Å². The van der Waals surface area contributed by atoms with Gasteiger partial charge in [0.25, 0.3) is 5.56 Å². The van der Waals surface area contributed by atoms with Crippen LogP contribution in [-0.4, -0.2) is 16.2 Å². The summed E-state index contributed by atoms with van der Waals surface area (Å²) in [4.78, 5) is 25.2. The molecule has 0 spiro atoms. The van der Waals surface area contributed by atoms with Crippen molar-refractivity contribution in [2.45, 2.75) is 25.8 Å². The van der Waals surface area contributed by atoms with Crippen molar-refractivity contribution in [1.29, 1.82) is 0 Å². The molecule has 0 aliphatic heterocycles. The topological polar surface area (TPSA) is 64.1 Å². The first kappa shape index (κ1) is 17.3. The number of ether oxygens (including phenoxy) is 1. The monoisotopic (exact) mass is 478 g/mol. The van der Waals surface area contributed by atoms with Crippen LogP contribution in [0, 0.1) is 3.57 Å². The molecule has 5 nitrogen and oxygen atoms in total. The first-order valence-corrected chi connectivity index (χ1v) is 8.81. The number of unbranched alkanes of at least 4 members (excludes halogenated alkanes) is 2. The number of aryl methyl sites for hydroxylation is 1. The maximum Gasteiger partial charge on any atom is 0.328 e. The number of nitrogens with one attached hydrogen (secondary N) is 1. The van der Waals surface area contributed by atoms with Crippen LogP contribution in [0.25, 0.3) is 0 Å². The van der Waals surface area contributed by atoms with Gasteiger partial charge in [-0.25, -0.2) is 4.79 Å². The molecule has 0 fully saturated rings. The summed E-state index contributed by atoms with van der Waals surface area (Å²) in [5.74, 6) is 0.856. The van der Waals surface area contributed by atoms with Crippen LogP contribution < -0.4 is 16.0 Å². The van der Waals surface area contributed by atoms with Crippen molar-refractivity contribution >= 4 is 38.5 Å². The Bertz CT molecular complexity index is 725. The smallest absolute Gasteiger partial charge is 0.328 e. The fourth-order valence-electron chi connectivity index (χ4n) is 1.93. The molecule has 0 atom stereocenters. The molecule has 118 valence electrons. The third-order valence-electron chi connectivity index (χ3n) is 3.09. The molecule has 0 bridgehead atoms. The van der Waals surface area contributed by atoms with Gasteiger partial charge < -0.3 is 4.74 Å². The molecule has 2 rings (SSSR count). The van der Waals surface area contributed by atoms with Gasteiger partial charge in [-0.3, -0.25) is 14.3 Å². The maximum absolute atomic E-state index is 11.6. The second-order valence-electron chi connectivity index (χ2n) is 4.79. The van der Waals surface area contributed by atoms with Crippen LogP contribution >= 0.6 is 38.5 Å². The Hall–Kier alpha value is -1.09. The lowest BCUT2D eigenvalue weighted by atomic mass is 10.2. The quantitative estimate of drug-likeness (QED) is 0.491. The lowest BCUT2D eigenvalue weighted by Crippen LogP contribution is -2.31. The van der Waals surface area contributed by atoms with Crippen molar-refractivity contribution in [3.8, 4) is 5.75 Å². The summed E-state index contributed by atoms with van der Waals surface area (Å²) < 4.78 is 8.73. The van der Waals surface area contributed by atoms with E-state index in [0.717, 1.165) is 29.5 Å². The van der Waals surface area contributed by atoms with Gasteiger partial charge in [-0.05, 0) is 66.1 Å². The summed E-state index contributed by atoms with van der Waals surface area (Å²) in [5.41, 5.74) is -0.679. The van der Waals surface area contributed by atoms with Crippen molar-refractivity contribution in [3.63, 3.8) is 0 Å². The standard InChI is InChI=1S/C15H16BrIN2O3/c16-11-4-6-12(7-5-11)22-9-3-1-2-8-19-10-13(17)14(20)18-15(19)21/h4-7,10H,1-3,8-9H2,(H,18,20,21). The molecule has 0 radical (unpaired) electrons. The van der Waals surface area contributed by atoms with Crippen molar-refractivity contribution in [2.75, 3.05) is 6.61 Å². The van der Waals surface area contributed by atoms with Gasteiger partial charge in [0.2, 0.25) is 0 Å². The molecule has 0 amide bonds. The Balaban J connectivity index is 1.69. The molecule has 0 unspecified atom stereocenters. The molecular weight excluding hydrogens is 463 g/mol. The number of rotatable bonds is 7. The molecule has 2 aromatic rings. The van der Waals surface area contributed by atoms with Gasteiger partial charge in [0.1, 0.15) is 5.75 Å². The van der Waals surface area contributed by atoms with E-state index in [9.17, 15) is 9.59 Å². The van der Waals surface area contributed by atoms with E-state index in [2.05, 4.69) is 20.9 Å². The van der Waals surface area contributed by atoms with Gasteiger partial charge in [-0.1, -0.05) is 15.9 Å². The van der Waals surface area contributed by atoms with Gasteiger partial charge in [-0.2, -0.15) is 0 Å². The number of H-pyrrole nitrogens is 1. The number of benzene rings is 1. The average molecular weight is 479 g/mol. The van der Waals surface area contributed by atoms with Gasteiger partial charge in [0, 0.05) is 17.2 Å². The molecule has 0 aliphatic rings. The van der Waals surface area contributed by atoms with Crippen molar-refractivity contribution < 1.29 is 4.74 Å². The predicted octanol–water partition coefficient (Wildman–Crippen LogP) is 3.15. The normalized spacial score (nSPS) is 10.6. The molecule has 7 heteroatoms. The minimum atomic E-state index is -0.350. The first-order valence-electron chi connectivity index (χ1n) is 6.94. The zero-order chi connectivity index (χ0) is 15.9. The minimum Gasteiger partial charge on any atom is -0.494 e. The Morgan fingerprint density at radius 1 is 1.14 bits per heavy atom. The third kappa shape index (κ3) is 5.28. The highest BCUT2D eigenvalue weighted by Gasteiger charge is 2.01. The zero-order valence-electron chi connectivity index (χ0n) is 11.9. The van der Waals surface area contributed by atoms with E-state index in [0.29, 0.717) is 16.7 Å². The lowest BCUT2D eigenvalue weighted by Gasteiger charge is -2.07. The van der Waals surface area contributed by atoms with Gasteiger partial charge in [0.05, 0.1) is 10.2 Å². The van der Waals surface area contributed by atoms with Crippen LogP contribution in [0.2, 0.25) is 0 Å². The van der Waals surface area contributed by atoms with E-state index < -0.39 is 0 Å². The van der Waals surface area contributed by atoms with E-state index in [4.69, 9.17) is 4.74 Å². The Morgan fingerprint density at radius 3 is 2.59 bits per heavy atom. The highest BCUT2D eigenvalue weighted by atomic mass is 127. The van der Waals surface area contributed by atoms with Gasteiger partial charge in [-0.15, -0.1) is 0 Å². The fourth-order valence-corrected chi connectivity index (χ4v) is 2.67. The fraction of sp³-hybridized carbons (Fsp3) is 0.333. The lowest BCUT2D eigenvalue weighted by molar-refractivity contribution is 0.303. The van der Waals surface area contributed by atoms with E-state index in [1.165, 1.54) is 0 Å². The van der Waals surface area contributed by atoms with E-state index in [-0.39, 0.29) is 11.2 Å². The third-order valence-corrected chi connectivity index (χ3v) is 4.39. The maximum atomic E-state index is 11.6.